The summed E-state index contributed by atoms with van der Waals surface area (Å²) in [7, 11) is 0. The highest BCUT2D eigenvalue weighted by Gasteiger charge is 2.19. The SMILES string of the molecule is O=C(CN1CCN(Cc2ccc(Cl)cc2)CC1)N/N=C/c1cc(Br)cc(Br)c1O. The fraction of sp³-hybridized carbons (Fsp3) is 0.300. The van der Waals surface area contributed by atoms with E-state index in [1.54, 1.807) is 12.1 Å². The van der Waals surface area contributed by atoms with Crippen LogP contribution in [0.2, 0.25) is 5.02 Å². The van der Waals surface area contributed by atoms with Crippen molar-refractivity contribution in [3.8, 4) is 5.75 Å². The van der Waals surface area contributed by atoms with E-state index in [0.717, 1.165) is 42.2 Å². The zero-order chi connectivity index (χ0) is 20.8. The molecule has 2 aromatic carbocycles. The Hall–Kier alpha value is -1.45. The minimum Gasteiger partial charge on any atom is -0.506 e. The average molecular weight is 545 g/mol. The second kappa shape index (κ2) is 10.5. The Morgan fingerprint density at radius 2 is 1.79 bits per heavy atom. The first-order valence-electron chi connectivity index (χ1n) is 9.10. The molecule has 1 aliphatic heterocycles. The number of halogens is 3. The third-order valence-corrected chi connectivity index (χ3v) is 5.92. The van der Waals surface area contributed by atoms with E-state index in [4.69, 9.17) is 11.6 Å². The van der Waals surface area contributed by atoms with Crippen LogP contribution in [0.1, 0.15) is 11.1 Å². The molecular weight excluding hydrogens is 524 g/mol. The number of phenols is 1. The van der Waals surface area contributed by atoms with Gasteiger partial charge in [0.1, 0.15) is 5.75 Å². The van der Waals surface area contributed by atoms with Gasteiger partial charge in [-0.3, -0.25) is 14.6 Å². The standard InChI is InChI=1S/C20H21Br2ClN4O2/c21-16-9-15(20(29)18(22)10-16)11-24-25-19(28)13-27-7-5-26(6-8-27)12-14-1-3-17(23)4-2-14/h1-4,9-11,29H,5-8,12-13H2,(H,25,28)/b24-11+. The number of carbonyl (C=O) groups excluding carboxylic acids is 1. The summed E-state index contributed by atoms with van der Waals surface area (Å²) >= 11 is 12.6. The number of aromatic hydroxyl groups is 1. The molecule has 0 spiro atoms. The number of benzene rings is 2. The van der Waals surface area contributed by atoms with Gasteiger partial charge in [-0.25, -0.2) is 5.43 Å². The maximum atomic E-state index is 12.2. The number of carbonyl (C=O) groups is 1. The number of nitrogens with one attached hydrogen (secondary N) is 1. The van der Waals surface area contributed by atoms with Crippen LogP contribution in [0, 0.1) is 0 Å². The third-order valence-electron chi connectivity index (χ3n) is 4.60. The van der Waals surface area contributed by atoms with E-state index in [9.17, 15) is 9.90 Å². The van der Waals surface area contributed by atoms with E-state index in [1.807, 2.05) is 24.3 Å². The third kappa shape index (κ3) is 6.79. The lowest BCUT2D eigenvalue weighted by molar-refractivity contribution is -0.122. The number of rotatable bonds is 6. The normalized spacial score (nSPS) is 15.7. The number of nitrogens with zero attached hydrogens (tertiary/aromatic N) is 3. The minimum atomic E-state index is -0.180. The van der Waals surface area contributed by atoms with Gasteiger partial charge in [0.25, 0.3) is 5.91 Å². The molecule has 0 saturated carbocycles. The van der Waals surface area contributed by atoms with Crippen LogP contribution in [0.4, 0.5) is 0 Å². The molecule has 0 unspecified atom stereocenters. The summed E-state index contributed by atoms with van der Waals surface area (Å²) in [5.74, 6) is -0.107. The number of amides is 1. The summed E-state index contributed by atoms with van der Waals surface area (Å²) in [5.41, 5.74) is 4.26. The van der Waals surface area contributed by atoms with Crippen molar-refractivity contribution in [2.75, 3.05) is 32.7 Å². The van der Waals surface area contributed by atoms with Gasteiger partial charge in [0.15, 0.2) is 0 Å². The van der Waals surface area contributed by atoms with Crippen LogP contribution in [0.3, 0.4) is 0 Å². The van der Waals surface area contributed by atoms with Crippen molar-refractivity contribution >= 4 is 55.6 Å². The lowest BCUT2D eigenvalue weighted by atomic mass is 10.2. The molecule has 2 N–H and O–H groups in total. The first kappa shape index (κ1) is 22.2. The second-order valence-corrected chi connectivity index (χ2v) is 9.00. The average Bonchev–Trinajstić information content (AvgIpc) is 2.69. The molecule has 1 saturated heterocycles. The summed E-state index contributed by atoms with van der Waals surface area (Å²) in [6, 6.07) is 11.4. The predicted octanol–water partition coefficient (Wildman–Crippen LogP) is 3.84. The molecule has 0 atom stereocenters. The molecule has 0 aromatic heterocycles. The predicted molar refractivity (Wildman–Crippen MR) is 122 cm³/mol. The molecule has 0 radical (unpaired) electrons. The molecule has 0 bridgehead atoms. The van der Waals surface area contributed by atoms with Crippen LogP contribution in [0.15, 0.2) is 50.4 Å². The van der Waals surface area contributed by atoms with E-state index in [0.29, 0.717) is 16.6 Å². The molecule has 9 heteroatoms. The first-order chi connectivity index (χ1) is 13.9. The summed E-state index contributed by atoms with van der Waals surface area (Å²) in [5, 5.41) is 14.7. The Morgan fingerprint density at radius 1 is 1.14 bits per heavy atom. The van der Waals surface area contributed by atoms with Crippen molar-refractivity contribution in [1.29, 1.82) is 0 Å². The van der Waals surface area contributed by atoms with Crippen molar-refractivity contribution in [2.24, 2.45) is 5.10 Å². The van der Waals surface area contributed by atoms with E-state index in [-0.39, 0.29) is 11.7 Å². The largest absolute Gasteiger partial charge is 0.506 e. The van der Waals surface area contributed by atoms with Gasteiger partial charge in [0, 0.05) is 47.8 Å². The fourth-order valence-electron chi connectivity index (χ4n) is 3.05. The second-order valence-electron chi connectivity index (χ2n) is 6.80. The van der Waals surface area contributed by atoms with Gasteiger partial charge in [-0.15, -0.1) is 0 Å². The Kier molecular flexibility index (Phi) is 8.08. The van der Waals surface area contributed by atoms with E-state index < -0.39 is 0 Å². The summed E-state index contributed by atoms with van der Waals surface area (Å²) in [6.07, 6.45) is 1.42. The molecule has 1 fully saturated rings. The van der Waals surface area contributed by atoms with Crippen LogP contribution in [-0.2, 0) is 11.3 Å². The summed E-state index contributed by atoms with van der Waals surface area (Å²) < 4.78 is 1.35. The number of hydrogen-bond acceptors (Lipinski definition) is 5. The zero-order valence-corrected chi connectivity index (χ0v) is 19.5. The minimum absolute atomic E-state index is 0.0722. The monoisotopic (exact) mass is 542 g/mol. The van der Waals surface area contributed by atoms with Crippen LogP contribution in [0.25, 0.3) is 0 Å². The number of hydrazone groups is 1. The van der Waals surface area contributed by atoms with E-state index in [1.165, 1.54) is 11.8 Å². The number of phenolic OH excluding ortho intramolecular Hbond substituents is 1. The maximum absolute atomic E-state index is 12.2. The molecule has 154 valence electrons. The molecule has 6 nitrogen and oxygen atoms in total. The number of piperazine rings is 1. The van der Waals surface area contributed by atoms with Crippen molar-refractivity contribution in [3.63, 3.8) is 0 Å². The summed E-state index contributed by atoms with van der Waals surface area (Å²) in [4.78, 5) is 16.6. The Morgan fingerprint density at radius 3 is 2.48 bits per heavy atom. The van der Waals surface area contributed by atoms with Gasteiger partial charge < -0.3 is 5.11 Å². The highest BCUT2D eigenvalue weighted by molar-refractivity contribution is 9.11. The molecule has 1 heterocycles. The fourth-order valence-corrected chi connectivity index (χ4v) is 4.43. The van der Waals surface area contributed by atoms with Crippen LogP contribution in [0.5, 0.6) is 5.75 Å². The van der Waals surface area contributed by atoms with E-state index in [2.05, 4.69) is 52.2 Å². The van der Waals surface area contributed by atoms with E-state index >= 15 is 0 Å². The van der Waals surface area contributed by atoms with Gasteiger partial charge in [-0.1, -0.05) is 39.7 Å². The Bertz CT molecular complexity index is 885. The highest BCUT2D eigenvalue weighted by Crippen LogP contribution is 2.30. The van der Waals surface area contributed by atoms with Gasteiger partial charge >= 0.3 is 0 Å². The van der Waals surface area contributed by atoms with Gasteiger partial charge in [0.05, 0.1) is 17.2 Å². The Labute approximate surface area is 191 Å². The Balaban J connectivity index is 1.42. The zero-order valence-electron chi connectivity index (χ0n) is 15.6. The van der Waals surface area contributed by atoms with Crippen molar-refractivity contribution in [2.45, 2.75) is 6.54 Å². The molecular formula is C20H21Br2ClN4O2. The summed E-state index contributed by atoms with van der Waals surface area (Å²) in [6.45, 7) is 4.62. The molecule has 3 rings (SSSR count). The lowest BCUT2D eigenvalue weighted by Gasteiger charge is -2.34. The highest BCUT2D eigenvalue weighted by atomic mass is 79.9. The quantitative estimate of drug-likeness (QED) is 0.429. The molecule has 29 heavy (non-hydrogen) atoms. The van der Waals surface area contributed by atoms with Crippen molar-refractivity contribution in [1.82, 2.24) is 15.2 Å². The van der Waals surface area contributed by atoms with Gasteiger partial charge in [0.2, 0.25) is 0 Å². The molecule has 2 aromatic rings. The van der Waals surface area contributed by atoms with Crippen LogP contribution >= 0.6 is 43.5 Å². The lowest BCUT2D eigenvalue weighted by Crippen LogP contribution is -2.48. The van der Waals surface area contributed by atoms with Gasteiger partial charge in [-0.05, 0) is 45.8 Å². The molecule has 1 aliphatic rings. The van der Waals surface area contributed by atoms with Crippen LogP contribution < -0.4 is 5.43 Å². The topological polar surface area (TPSA) is 68.2 Å². The number of hydrogen-bond donors (Lipinski definition) is 2. The van der Waals surface area contributed by atoms with Crippen molar-refractivity contribution < 1.29 is 9.90 Å². The van der Waals surface area contributed by atoms with Gasteiger partial charge in [-0.2, -0.15) is 5.10 Å². The maximum Gasteiger partial charge on any atom is 0.254 e. The van der Waals surface area contributed by atoms with Crippen LogP contribution in [-0.4, -0.2) is 59.8 Å². The molecule has 0 aliphatic carbocycles. The smallest absolute Gasteiger partial charge is 0.254 e. The molecule has 1 amide bonds. The first-order valence-corrected chi connectivity index (χ1v) is 11.1. The van der Waals surface area contributed by atoms with Crippen molar-refractivity contribution in [3.05, 3.63) is 61.5 Å².